The molecule has 3 nitrogen and oxygen atoms in total. The lowest BCUT2D eigenvalue weighted by Crippen LogP contribution is -2.40. The predicted octanol–water partition coefficient (Wildman–Crippen LogP) is 5.88. The second kappa shape index (κ2) is 8.52. The molecule has 0 aromatic heterocycles. The van der Waals surface area contributed by atoms with Crippen molar-refractivity contribution in [1.29, 1.82) is 0 Å². The predicted molar refractivity (Wildman–Crippen MR) is 113 cm³/mol. The highest BCUT2D eigenvalue weighted by Gasteiger charge is 2.34. The summed E-state index contributed by atoms with van der Waals surface area (Å²) in [5, 5.41) is 0. The zero-order valence-corrected chi connectivity index (χ0v) is 18.2. The molecule has 0 aliphatic rings. The quantitative estimate of drug-likeness (QED) is 0.332. The third kappa shape index (κ3) is 5.85. The highest BCUT2D eigenvalue weighted by Crippen LogP contribution is 2.42. The smallest absolute Gasteiger partial charge is 0.416 e. The molecule has 0 saturated heterocycles. The van der Waals surface area contributed by atoms with Crippen molar-refractivity contribution in [2.75, 3.05) is 0 Å². The number of carbonyl (C=O) groups is 1. The number of esters is 1. The van der Waals surface area contributed by atoms with Crippen LogP contribution >= 0.6 is 25.3 Å². The highest BCUT2D eigenvalue weighted by molar-refractivity contribution is 8.00. The summed E-state index contributed by atoms with van der Waals surface area (Å²) in [5.74, 6) is -0.0979. The minimum absolute atomic E-state index is 0.269. The number of hydrogen-bond donors (Lipinski definition) is 2. The molecule has 0 spiro atoms. The first kappa shape index (κ1) is 23.5. The molecule has 0 unspecified atom stereocenters. The highest BCUT2D eigenvalue weighted by atomic mass is 32.2. The van der Waals surface area contributed by atoms with Crippen molar-refractivity contribution in [2.24, 2.45) is 0 Å². The van der Waals surface area contributed by atoms with E-state index >= 15 is 0 Å². The molecule has 2 aromatic carbocycles. The Morgan fingerprint density at radius 3 is 2.00 bits per heavy atom. The van der Waals surface area contributed by atoms with Crippen molar-refractivity contribution in [1.82, 2.24) is 0 Å². The van der Waals surface area contributed by atoms with Crippen LogP contribution in [0.1, 0.15) is 44.4 Å². The Labute approximate surface area is 179 Å². The molecule has 0 radical (unpaired) electrons. The number of alkyl halides is 3. The van der Waals surface area contributed by atoms with Crippen LogP contribution < -0.4 is 4.74 Å². The van der Waals surface area contributed by atoms with Gasteiger partial charge in [0.25, 0.3) is 0 Å². The molecule has 2 rings (SSSR count). The second-order valence-electron chi connectivity index (χ2n) is 7.34. The summed E-state index contributed by atoms with van der Waals surface area (Å²) in [6, 6.07) is 11.4. The molecule has 158 valence electrons. The Kier molecular flexibility index (Phi) is 6.89. The molecule has 8 heteroatoms. The van der Waals surface area contributed by atoms with Crippen molar-refractivity contribution >= 4 is 31.2 Å². The summed E-state index contributed by atoms with van der Waals surface area (Å²) < 4.78 is 48.7. The van der Waals surface area contributed by atoms with Gasteiger partial charge in [0.15, 0.2) is 5.60 Å². The van der Waals surface area contributed by atoms with Gasteiger partial charge in [-0.2, -0.15) is 38.4 Å². The normalized spacial score (nSPS) is 12.8. The van der Waals surface area contributed by atoms with Gasteiger partial charge in [-0.25, -0.2) is 4.79 Å². The Balaban J connectivity index is 2.24. The zero-order chi connectivity index (χ0) is 22.0. The van der Waals surface area contributed by atoms with Crippen molar-refractivity contribution in [2.45, 2.75) is 49.7 Å². The van der Waals surface area contributed by atoms with E-state index in [0.29, 0.717) is 11.3 Å². The first-order chi connectivity index (χ1) is 13.2. The summed E-state index contributed by atoms with van der Waals surface area (Å²) in [5.41, 5.74) is -1.13. The van der Waals surface area contributed by atoms with Crippen LogP contribution in [0.5, 0.6) is 5.75 Å². The van der Waals surface area contributed by atoms with Crippen LogP contribution in [0.4, 0.5) is 13.2 Å². The summed E-state index contributed by atoms with van der Waals surface area (Å²) in [6.07, 6.45) is -4.73. The Morgan fingerprint density at radius 2 is 1.48 bits per heavy atom. The van der Waals surface area contributed by atoms with Crippen molar-refractivity contribution in [3.8, 4) is 5.75 Å². The number of thiol groups is 2. The molecule has 0 aliphatic carbocycles. The zero-order valence-electron chi connectivity index (χ0n) is 16.4. The van der Waals surface area contributed by atoms with E-state index in [1.165, 1.54) is 12.1 Å². The third-order valence-electron chi connectivity index (χ3n) is 4.06. The SMILES string of the molecule is CC(C)OC(=O)C(C)(C)Oc1ccc(C(S)(S)c2cccc(C(F)(F)F)c2)cc1. The fourth-order valence-corrected chi connectivity index (χ4v) is 3.10. The molecule has 0 bridgehead atoms. The molecule has 0 amide bonds. The first-order valence-corrected chi connectivity index (χ1v) is 9.76. The van der Waals surface area contributed by atoms with Crippen LogP contribution in [0, 0.1) is 0 Å². The first-order valence-electron chi connectivity index (χ1n) is 8.86. The largest absolute Gasteiger partial charge is 0.476 e. The number of halogens is 3. The van der Waals surface area contributed by atoms with E-state index < -0.39 is 27.4 Å². The maximum Gasteiger partial charge on any atom is 0.416 e. The van der Waals surface area contributed by atoms with Gasteiger partial charge in [0.05, 0.1) is 11.7 Å². The van der Waals surface area contributed by atoms with E-state index in [4.69, 9.17) is 9.47 Å². The van der Waals surface area contributed by atoms with Gasteiger partial charge >= 0.3 is 12.1 Å². The molecule has 29 heavy (non-hydrogen) atoms. The molecule has 0 fully saturated rings. The van der Waals surface area contributed by atoms with E-state index in [1.54, 1.807) is 52.0 Å². The summed E-state index contributed by atoms with van der Waals surface area (Å²) >= 11 is 8.96. The summed E-state index contributed by atoms with van der Waals surface area (Å²) in [6.45, 7) is 6.68. The fraction of sp³-hybridized carbons (Fsp3) is 0.381. The second-order valence-corrected chi connectivity index (χ2v) is 9.04. The monoisotopic (exact) mass is 444 g/mol. The average molecular weight is 445 g/mol. The third-order valence-corrected chi connectivity index (χ3v) is 5.09. The standard InChI is InChI=1S/C21H23F3O3S2/c1-13(2)26-18(25)19(3,4)27-17-10-8-14(9-11-17)20(28,29)15-6-5-7-16(12-15)21(22,23)24/h5-13,28-29H,1-4H3. The molecule has 0 N–H and O–H groups in total. The van der Waals surface area contributed by atoms with E-state index in [-0.39, 0.29) is 11.7 Å². The number of rotatable bonds is 6. The van der Waals surface area contributed by atoms with Crippen LogP contribution in [-0.2, 0) is 19.8 Å². The fourth-order valence-electron chi connectivity index (χ4n) is 2.53. The minimum atomic E-state index is -4.46. The average Bonchev–Trinajstić information content (AvgIpc) is 2.60. The van der Waals surface area contributed by atoms with Gasteiger partial charge in [0.2, 0.25) is 0 Å². The number of ether oxygens (including phenoxy) is 2. The van der Waals surface area contributed by atoms with E-state index in [1.807, 2.05) is 0 Å². The Hall–Kier alpha value is -1.80. The molecular formula is C21H23F3O3S2. The van der Waals surface area contributed by atoms with E-state index in [0.717, 1.165) is 12.1 Å². The topological polar surface area (TPSA) is 35.5 Å². The van der Waals surface area contributed by atoms with Gasteiger partial charge in [-0.1, -0.05) is 24.3 Å². The van der Waals surface area contributed by atoms with Gasteiger partial charge < -0.3 is 9.47 Å². The number of hydrogen-bond acceptors (Lipinski definition) is 5. The van der Waals surface area contributed by atoms with Gasteiger partial charge in [0, 0.05) is 0 Å². The molecule has 0 atom stereocenters. The van der Waals surface area contributed by atoms with Crippen LogP contribution in [-0.4, -0.2) is 17.7 Å². The van der Waals surface area contributed by atoms with Gasteiger partial charge in [-0.05, 0) is 63.1 Å². The van der Waals surface area contributed by atoms with Crippen LogP contribution in [0.2, 0.25) is 0 Å². The summed E-state index contributed by atoms with van der Waals surface area (Å²) in [4.78, 5) is 12.1. The van der Waals surface area contributed by atoms with Crippen molar-refractivity contribution < 1.29 is 27.4 Å². The lowest BCUT2D eigenvalue weighted by molar-refractivity contribution is -0.163. The molecule has 0 heterocycles. The van der Waals surface area contributed by atoms with Gasteiger partial charge in [-0.3, -0.25) is 0 Å². The Bertz CT molecular complexity index is 860. The van der Waals surface area contributed by atoms with Crippen LogP contribution in [0.3, 0.4) is 0 Å². The van der Waals surface area contributed by atoms with Crippen LogP contribution in [0.15, 0.2) is 48.5 Å². The number of carbonyl (C=O) groups excluding carboxylic acids is 1. The lowest BCUT2D eigenvalue weighted by Gasteiger charge is -2.27. The maximum atomic E-state index is 13.0. The molecule has 0 saturated carbocycles. The van der Waals surface area contributed by atoms with Crippen molar-refractivity contribution in [3.63, 3.8) is 0 Å². The summed E-state index contributed by atoms with van der Waals surface area (Å²) in [7, 11) is 0. The molecule has 0 aliphatic heterocycles. The maximum absolute atomic E-state index is 13.0. The molecular weight excluding hydrogens is 421 g/mol. The minimum Gasteiger partial charge on any atom is -0.476 e. The van der Waals surface area contributed by atoms with Crippen LogP contribution in [0.25, 0.3) is 0 Å². The van der Waals surface area contributed by atoms with Gasteiger partial charge in [-0.15, -0.1) is 0 Å². The van der Waals surface area contributed by atoms with Crippen molar-refractivity contribution in [3.05, 3.63) is 65.2 Å². The van der Waals surface area contributed by atoms with E-state index in [9.17, 15) is 18.0 Å². The number of benzene rings is 2. The Morgan fingerprint density at radius 1 is 0.931 bits per heavy atom. The van der Waals surface area contributed by atoms with E-state index in [2.05, 4.69) is 25.3 Å². The van der Waals surface area contributed by atoms with Gasteiger partial charge in [0.1, 0.15) is 9.83 Å². The lowest BCUT2D eigenvalue weighted by atomic mass is 10.0. The molecule has 2 aromatic rings.